The van der Waals surface area contributed by atoms with Gasteiger partial charge in [-0.05, 0) is 60.3 Å². The average Bonchev–Trinajstić information content (AvgIpc) is 2.73. The summed E-state index contributed by atoms with van der Waals surface area (Å²) in [6.45, 7) is 2.22. The van der Waals surface area contributed by atoms with Crippen molar-refractivity contribution in [2.45, 2.75) is 70.4 Å². The summed E-state index contributed by atoms with van der Waals surface area (Å²) in [5.41, 5.74) is 0.0326. The minimum absolute atomic E-state index is 0.0284. The van der Waals surface area contributed by atoms with Crippen molar-refractivity contribution in [1.29, 1.82) is 0 Å². The quantitative estimate of drug-likeness (QED) is 0.258. The zero-order chi connectivity index (χ0) is 21.7. The number of unbranched alkanes of at least 4 members (excludes halogenated alkanes) is 2. The number of alkyl halides is 3. The third-order valence-corrected chi connectivity index (χ3v) is 6.28. The molecule has 0 saturated heterocycles. The number of nitro benzene ring substituents is 1. The first kappa shape index (κ1) is 22.3. The van der Waals surface area contributed by atoms with Gasteiger partial charge in [0.2, 0.25) is 0 Å². The smallest absolute Gasteiger partial charge is 0.258 e. The van der Waals surface area contributed by atoms with Gasteiger partial charge in [-0.3, -0.25) is 10.1 Å². The van der Waals surface area contributed by atoms with Crippen LogP contribution in [-0.4, -0.2) is 4.92 Å². The van der Waals surface area contributed by atoms with Crippen LogP contribution < -0.4 is 0 Å². The zero-order valence-corrected chi connectivity index (χ0v) is 17.3. The Morgan fingerprint density at radius 1 is 1.00 bits per heavy atom. The molecule has 3 rings (SSSR count). The second-order valence-electron chi connectivity index (χ2n) is 8.32. The zero-order valence-electron chi connectivity index (χ0n) is 17.3. The third kappa shape index (κ3) is 5.41. The van der Waals surface area contributed by atoms with Crippen LogP contribution in [-0.2, 0) is 6.18 Å². The molecule has 1 aliphatic rings. The second kappa shape index (κ2) is 9.63. The average molecular weight is 419 g/mol. The van der Waals surface area contributed by atoms with Crippen LogP contribution in [0.3, 0.4) is 0 Å². The number of non-ortho nitro benzene ring substituents is 1. The van der Waals surface area contributed by atoms with E-state index in [1.165, 1.54) is 50.2 Å². The molecule has 0 N–H and O–H groups in total. The van der Waals surface area contributed by atoms with E-state index >= 15 is 0 Å². The van der Waals surface area contributed by atoms with Gasteiger partial charge in [0.25, 0.3) is 5.69 Å². The SMILES string of the molecule is CCCCCC1CCC(c2ccc(-c3ccc([N+](=O)[O-])cc3C(F)(F)F)cc2)CC1. The van der Waals surface area contributed by atoms with Crippen LogP contribution in [0, 0.1) is 16.0 Å². The van der Waals surface area contributed by atoms with Crippen molar-refractivity contribution in [3.8, 4) is 11.1 Å². The molecule has 0 radical (unpaired) electrons. The van der Waals surface area contributed by atoms with Crippen molar-refractivity contribution in [1.82, 2.24) is 0 Å². The molecule has 0 unspecified atom stereocenters. The predicted octanol–water partition coefficient (Wildman–Crippen LogP) is 8.13. The van der Waals surface area contributed by atoms with E-state index < -0.39 is 22.4 Å². The molecular weight excluding hydrogens is 391 g/mol. The molecular formula is C24H28F3NO2. The van der Waals surface area contributed by atoms with E-state index in [0.717, 1.165) is 24.8 Å². The van der Waals surface area contributed by atoms with Gasteiger partial charge < -0.3 is 0 Å². The molecule has 0 heterocycles. The summed E-state index contributed by atoms with van der Waals surface area (Å²) in [5, 5.41) is 10.9. The lowest BCUT2D eigenvalue weighted by Crippen LogP contribution is -2.13. The van der Waals surface area contributed by atoms with Crippen molar-refractivity contribution in [2.75, 3.05) is 0 Å². The molecule has 0 amide bonds. The maximum Gasteiger partial charge on any atom is 0.417 e. The topological polar surface area (TPSA) is 43.1 Å². The second-order valence-corrected chi connectivity index (χ2v) is 8.32. The Kier molecular flexibility index (Phi) is 7.16. The summed E-state index contributed by atoms with van der Waals surface area (Å²) in [5.74, 6) is 1.27. The van der Waals surface area contributed by atoms with Gasteiger partial charge in [0, 0.05) is 12.1 Å². The summed E-state index contributed by atoms with van der Waals surface area (Å²) >= 11 is 0. The normalized spacial score (nSPS) is 19.6. The highest BCUT2D eigenvalue weighted by Gasteiger charge is 2.35. The number of nitrogens with zero attached hydrogens (tertiary/aromatic N) is 1. The molecule has 0 aliphatic heterocycles. The summed E-state index contributed by atoms with van der Waals surface area (Å²) in [6.07, 6.45) is 5.18. The van der Waals surface area contributed by atoms with Crippen molar-refractivity contribution in [3.05, 3.63) is 63.7 Å². The van der Waals surface area contributed by atoms with Crippen molar-refractivity contribution in [3.63, 3.8) is 0 Å². The Balaban J connectivity index is 1.73. The first-order chi connectivity index (χ1) is 14.3. The van der Waals surface area contributed by atoms with Gasteiger partial charge in [0.15, 0.2) is 0 Å². The molecule has 1 saturated carbocycles. The van der Waals surface area contributed by atoms with Crippen LogP contribution in [0.2, 0.25) is 0 Å². The number of hydrogen-bond donors (Lipinski definition) is 0. The molecule has 0 bridgehead atoms. The lowest BCUT2D eigenvalue weighted by atomic mass is 9.77. The molecule has 2 aromatic rings. The summed E-state index contributed by atoms with van der Waals surface area (Å²) < 4.78 is 40.4. The molecule has 0 atom stereocenters. The van der Waals surface area contributed by atoms with Gasteiger partial charge in [-0.2, -0.15) is 13.2 Å². The van der Waals surface area contributed by atoms with E-state index in [1.807, 2.05) is 12.1 Å². The Morgan fingerprint density at radius 2 is 1.67 bits per heavy atom. The number of benzene rings is 2. The van der Waals surface area contributed by atoms with Crippen LogP contribution >= 0.6 is 0 Å². The van der Waals surface area contributed by atoms with Gasteiger partial charge in [0.1, 0.15) is 0 Å². The molecule has 30 heavy (non-hydrogen) atoms. The first-order valence-electron chi connectivity index (χ1n) is 10.8. The van der Waals surface area contributed by atoms with E-state index in [9.17, 15) is 23.3 Å². The highest BCUT2D eigenvalue weighted by molar-refractivity contribution is 5.70. The molecule has 3 nitrogen and oxygen atoms in total. The van der Waals surface area contributed by atoms with E-state index in [4.69, 9.17) is 0 Å². The van der Waals surface area contributed by atoms with E-state index in [0.29, 0.717) is 17.5 Å². The fraction of sp³-hybridized carbons (Fsp3) is 0.500. The molecule has 0 spiro atoms. The van der Waals surface area contributed by atoms with Crippen molar-refractivity contribution >= 4 is 5.69 Å². The molecule has 1 fully saturated rings. The number of nitro groups is 1. The number of rotatable bonds is 7. The number of hydrogen-bond acceptors (Lipinski definition) is 2. The Bertz CT molecular complexity index is 854. The summed E-state index contributed by atoms with van der Waals surface area (Å²) in [4.78, 5) is 10.1. The van der Waals surface area contributed by atoms with E-state index in [2.05, 4.69) is 6.92 Å². The minimum atomic E-state index is -4.66. The summed E-state index contributed by atoms with van der Waals surface area (Å²) in [6, 6.07) is 10.2. The fourth-order valence-corrected chi connectivity index (χ4v) is 4.53. The lowest BCUT2D eigenvalue weighted by molar-refractivity contribution is -0.385. The van der Waals surface area contributed by atoms with E-state index in [-0.39, 0.29) is 5.56 Å². The van der Waals surface area contributed by atoms with Gasteiger partial charge in [-0.15, -0.1) is 0 Å². The Labute approximate surface area is 175 Å². The predicted molar refractivity (Wildman–Crippen MR) is 112 cm³/mol. The Morgan fingerprint density at radius 3 is 2.23 bits per heavy atom. The summed E-state index contributed by atoms with van der Waals surface area (Å²) in [7, 11) is 0. The van der Waals surface area contributed by atoms with Crippen LogP contribution in [0.4, 0.5) is 18.9 Å². The minimum Gasteiger partial charge on any atom is -0.258 e. The van der Waals surface area contributed by atoms with Gasteiger partial charge in [-0.25, -0.2) is 0 Å². The number of halogens is 3. The highest BCUT2D eigenvalue weighted by Crippen LogP contribution is 2.41. The largest absolute Gasteiger partial charge is 0.417 e. The monoisotopic (exact) mass is 419 g/mol. The maximum absolute atomic E-state index is 13.5. The van der Waals surface area contributed by atoms with Crippen molar-refractivity contribution < 1.29 is 18.1 Å². The standard InChI is InChI=1S/C24H28F3NO2/c1-2-3-4-5-17-6-8-18(9-7-17)19-10-12-20(13-11-19)22-15-14-21(28(29)30)16-23(22)24(25,26)27/h10-18H,2-9H2,1H3. The molecule has 6 heteroatoms. The molecule has 1 aliphatic carbocycles. The van der Waals surface area contributed by atoms with Gasteiger partial charge >= 0.3 is 6.18 Å². The Hall–Kier alpha value is -2.37. The van der Waals surface area contributed by atoms with Crippen molar-refractivity contribution in [2.24, 2.45) is 5.92 Å². The van der Waals surface area contributed by atoms with Gasteiger partial charge in [-0.1, -0.05) is 56.9 Å². The third-order valence-electron chi connectivity index (χ3n) is 6.28. The van der Waals surface area contributed by atoms with Gasteiger partial charge in [0.05, 0.1) is 10.5 Å². The lowest BCUT2D eigenvalue weighted by Gasteiger charge is -2.29. The first-order valence-corrected chi connectivity index (χ1v) is 10.8. The maximum atomic E-state index is 13.5. The van der Waals surface area contributed by atoms with Crippen LogP contribution in [0.25, 0.3) is 11.1 Å². The fourth-order valence-electron chi connectivity index (χ4n) is 4.53. The molecule has 162 valence electrons. The van der Waals surface area contributed by atoms with E-state index in [1.54, 1.807) is 12.1 Å². The molecule has 0 aromatic heterocycles. The van der Waals surface area contributed by atoms with Crippen LogP contribution in [0.1, 0.15) is 75.3 Å². The van der Waals surface area contributed by atoms with Crippen LogP contribution in [0.15, 0.2) is 42.5 Å². The molecule has 2 aromatic carbocycles. The highest BCUT2D eigenvalue weighted by atomic mass is 19.4. The van der Waals surface area contributed by atoms with Crippen LogP contribution in [0.5, 0.6) is 0 Å².